The van der Waals surface area contributed by atoms with Crippen LogP contribution >= 0.6 is 0 Å². The smallest absolute Gasteiger partial charge is 0.433 e. The predicted molar refractivity (Wildman–Crippen MR) is 102 cm³/mol. The lowest BCUT2D eigenvalue weighted by molar-refractivity contribution is -0.141. The van der Waals surface area contributed by atoms with E-state index in [1.54, 1.807) is 16.7 Å². The van der Waals surface area contributed by atoms with Gasteiger partial charge in [-0.3, -0.25) is 4.79 Å². The highest BCUT2D eigenvalue weighted by atomic mass is 19.4. The molecular formula is C20H18F3N5O2. The number of alkyl halides is 3. The maximum absolute atomic E-state index is 12.8. The number of nitrogens with zero attached hydrogens (tertiary/aromatic N) is 4. The van der Waals surface area contributed by atoms with Gasteiger partial charge in [-0.2, -0.15) is 18.4 Å². The van der Waals surface area contributed by atoms with Crippen molar-refractivity contribution in [2.75, 3.05) is 12.4 Å². The molecular weight excluding hydrogens is 399 g/mol. The summed E-state index contributed by atoms with van der Waals surface area (Å²) in [7, 11) is 1.37. The second-order valence-corrected chi connectivity index (χ2v) is 7.23. The van der Waals surface area contributed by atoms with Gasteiger partial charge in [0, 0.05) is 30.3 Å². The van der Waals surface area contributed by atoms with Crippen molar-refractivity contribution in [1.82, 2.24) is 14.4 Å². The summed E-state index contributed by atoms with van der Waals surface area (Å²) in [5, 5.41) is 11.4. The van der Waals surface area contributed by atoms with Crippen LogP contribution in [-0.4, -0.2) is 27.4 Å². The molecule has 0 aliphatic rings. The molecule has 10 heteroatoms. The Morgan fingerprint density at radius 2 is 1.97 bits per heavy atom. The third kappa shape index (κ3) is 4.20. The average Bonchev–Trinajstić information content (AvgIpc) is 3.10. The van der Waals surface area contributed by atoms with E-state index in [1.807, 2.05) is 13.8 Å². The van der Waals surface area contributed by atoms with Crippen LogP contribution in [0, 0.1) is 11.3 Å². The van der Waals surface area contributed by atoms with Gasteiger partial charge in [0.05, 0.1) is 24.4 Å². The van der Waals surface area contributed by atoms with Crippen molar-refractivity contribution in [2.24, 2.45) is 0 Å². The molecule has 1 N–H and O–H groups in total. The summed E-state index contributed by atoms with van der Waals surface area (Å²) in [6.45, 7) is 3.75. The van der Waals surface area contributed by atoms with Gasteiger partial charge in [-0.25, -0.2) is 9.97 Å². The predicted octanol–water partition coefficient (Wildman–Crippen LogP) is 4.20. The molecule has 0 saturated carbocycles. The molecule has 156 valence electrons. The van der Waals surface area contributed by atoms with Crippen molar-refractivity contribution in [3.8, 4) is 11.8 Å². The molecule has 7 nitrogen and oxygen atoms in total. The van der Waals surface area contributed by atoms with Crippen LogP contribution in [0.2, 0.25) is 0 Å². The van der Waals surface area contributed by atoms with Crippen LogP contribution in [-0.2, 0) is 11.6 Å². The molecule has 3 aromatic heterocycles. The summed E-state index contributed by atoms with van der Waals surface area (Å²) in [6, 6.07) is 6.90. The van der Waals surface area contributed by atoms with Crippen LogP contribution in [0.3, 0.4) is 0 Å². The topological polar surface area (TPSA) is 92.3 Å². The van der Waals surface area contributed by atoms with Crippen LogP contribution in [0.15, 0.2) is 36.7 Å². The molecule has 0 bridgehead atoms. The zero-order valence-corrected chi connectivity index (χ0v) is 16.4. The second kappa shape index (κ2) is 7.67. The van der Waals surface area contributed by atoms with Gasteiger partial charge in [0.25, 0.3) is 5.91 Å². The highest BCUT2D eigenvalue weighted by molar-refractivity contribution is 6.05. The molecule has 0 unspecified atom stereocenters. The number of fused-ring (bicyclic) bond motifs is 1. The lowest BCUT2D eigenvalue weighted by atomic mass is 9.87. The minimum atomic E-state index is -4.62. The Bertz CT molecular complexity index is 1150. The van der Waals surface area contributed by atoms with E-state index in [4.69, 9.17) is 10.00 Å². The minimum Gasteiger partial charge on any atom is -0.496 e. The van der Waals surface area contributed by atoms with Crippen LogP contribution in [0.5, 0.6) is 5.75 Å². The number of hydrogen-bond acceptors (Lipinski definition) is 5. The number of carbonyl (C=O) groups excluding carboxylic acids is 1. The number of amides is 1. The van der Waals surface area contributed by atoms with E-state index in [-0.39, 0.29) is 23.6 Å². The first-order chi connectivity index (χ1) is 14.0. The molecule has 0 radical (unpaired) electrons. The van der Waals surface area contributed by atoms with Gasteiger partial charge in [0.15, 0.2) is 0 Å². The molecule has 0 atom stereocenters. The highest BCUT2D eigenvalue weighted by Gasteiger charge is 2.32. The van der Waals surface area contributed by atoms with E-state index in [0.717, 1.165) is 12.1 Å². The number of halogens is 3. The number of imidazole rings is 1. The molecule has 0 aromatic carbocycles. The minimum absolute atomic E-state index is 0.0891. The summed E-state index contributed by atoms with van der Waals surface area (Å²) in [4.78, 5) is 20.6. The summed E-state index contributed by atoms with van der Waals surface area (Å²) in [5.74, 6) is -0.729. The van der Waals surface area contributed by atoms with E-state index >= 15 is 0 Å². The number of nitriles is 1. The molecule has 3 heterocycles. The fourth-order valence-corrected chi connectivity index (χ4v) is 2.82. The van der Waals surface area contributed by atoms with Gasteiger partial charge in [-0.05, 0) is 12.1 Å². The zero-order chi connectivity index (χ0) is 22.1. The molecule has 0 aliphatic heterocycles. The number of anilines is 1. The van der Waals surface area contributed by atoms with E-state index in [2.05, 4.69) is 21.4 Å². The van der Waals surface area contributed by atoms with Crippen molar-refractivity contribution < 1.29 is 22.7 Å². The standard InChI is InChI=1S/C20H18F3N5O2/c1-19(2,7-8-24)15-11-28-10-12(13(30-3)9-17(28)26-15)18(29)27-16-6-4-5-14(25-16)20(21,22)23/h4-6,9-11H,7H2,1-3H3,(H,25,27,29). The van der Waals surface area contributed by atoms with Crippen LogP contribution < -0.4 is 10.1 Å². The van der Waals surface area contributed by atoms with Crippen molar-refractivity contribution in [1.29, 1.82) is 5.26 Å². The van der Waals surface area contributed by atoms with Crippen molar-refractivity contribution in [2.45, 2.75) is 31.9 Å². The lowest BCUT2D eigenvalue weighted by Gasteiger charge is -2.17. The summed E-state index contributed by atoms with van der Waals surface area (Å²) in [6.07, 6.45) is -1.20. The number of nitrogens with one attached hydrogen (secondary N) is 1. The Balaban J connectivity index is 1.97. The number of hydrogen-bond donors (Lipinski definition) is 1. The quantitative estimate of drug-likeness (QED) is 0.672. The first-order valence-corrected chi connectivity index (χ1v) is 8.85. The van der Waals surface area contributed by atoms with E-state index in [0.29, 0.717) is 11.3 Å². The molecule has 3 aromatic rings. The van der Waals surface area contributed by atoms with Crippen LogP contribution in [0.25, 0.3) is 5.65 Å². The third-order valence-corrected chi connectivity index (χ3v) is 4.51. The molecule has 3 rings (SSSR count). The Hall–Kier alpha value is -3.61. The fourth-order valence-electron chi connectivity index (χ4n) is 2.82. The van der Waals surface area contributed by atoms with E-state index < -0.39 is 23.2 Å². The van der Waals surface area contributed by atoms with Crippen molar-refractivity contribution >= 4 is 17.4 Å². The zero-order valence-electron chi connectivity index (χ0n) is 16.4. The molecule has 0 saturated heterocycles. The number of carbonyl (C=O) groups is 1. The summed E-state index contributed by atoms with van der Waals surface area (Å²) in [5.41, 5.74) is -0.365. The number of rotatable bonds is 5. The monoisotopic (exact) mass is 417 g/mol. The molecule has 1 amide bonds. The Morgan fingerprint density at radius 1 is 1.23 bits per heavy atom. The lowest BCUT2D eigenvalue weighted by Crippen LogP contribution is -2.17. The van der Waals surface area contributed by atoms with Gasteiger partial charge in [-0.1, -0.05) is 19.9 Å². The Labute approximate surface area is 170 Å². The SMILES string of the molecule is COc1cc2nc(C(C)(C)CC#N)cn2cc1C(=O)Nc1cccc(C(F)(F)F)n1. The van der Waals surface area contributed by atoms with Gasteiger partial charge in [-0.15, -0.1) is 0 Å². The number of ether oxygens (including phenoxy) is 1. The maximum Gasteiger partial charge on any atom is 0.433 e. The largest absolute Gasteiger partial charge is 0.496 e. The molecule has 0 fully saturated rings. The van der Waals surface area contributed by atoms with E-state index in [1.165, 1.54) is 19.4 Å². The normalized spacial score (nSPS) is 11.9. The van der Waals surface area contributed by atoms with Gasteiger partial charge in [0.1, 0.15) is 22.9 Å². The first-order valence-electron chi connectivity index (χ1n) is 8.85. The Morgan fingerprint density at radius 3 is 2.60 bits per heavy atom. The van der Waals surface area contributed by atoms with Crippen molar-refractivity contribution in [3.63, 3.8) is 0 Å². The van der Waals surface area contributed by atoms with Crippen LogP contribution in [0.1, 0.15) is 42.0 Å². The third-order valence-electron chi connectivity index (χ3n) is 4.51. The molecule has 30 heavy (non-hydrogen) atoms. The second-order valence-electron chi connectivity index (χ2n) is 7.23. The van der Waals surface area contributed by atoms with Crippen LogP contribution in [0.4, 0.5) is 19.0 Å². The van der Waals surface area contributed by atoms with Crippen molar-refractivity contribution in [3.05, 3.63) is 53.6 Å². The Kier molecular flexibility index (Phi) is 5.39. The van der Waals surface area contributed by atoms with Gasteiger partial charge >= 0.3 is 6.18 Å². The highest BCUT2D eigenvalue weighted by Crippen LogP contribution is 2.30. The number of aromatic nitrogens is 3. The summed E-state index contributed by atoms with van der Waals surface area (Å²) >= 11 is 0. The number of methoxy groups -OCH3 is 1. The fraction of sp³-hybridized carbons (Fsp3) is 0.300. The van der Waals surface area contributed by atoms with Gasteiger partial charge in [0.2, 0.25) is 0 Å². The molecule has 0 aliphatic carbocycles. The van der Waals surface area contributed by atoms with Gasteiger partial charge < -0.3 is 14.5 Å². The molecule has 0 spiro atoms. The average molecular weight is 417 g/mol. The first kappa shape index (κ1) is 21.1. The number of pyridine rings is 2. The van der Waals surface area contributed by atoms with E-state index in [9.17, 15) is 18.0 Å². The summed E-state index contributed by atoms with van der Waals surface area (Å²) < 4.78 is 45.4. The maximum atomic E-state index is 12.8.